The van der Waals surface area contributed by atoms with E-state index in [0.717, 1.165) is 11.7 Å². The molecule has 0 saturated heterocycles. The van der Waals surface area contributed by atoms with Crippen molar-refractivity contribution in [2.75, 3.05) is 19.6 Å². The van der Waals surface area contributed by atoms with Crippen molar-refractivity contribution in [3.8, 4) is 89.0 Å². The first-order valence-electron chi connectivity index (χ1n) is 47.1. The highest BCUT2D eigenvalue weighted by molar-refractivity contribution is 7.02. The fourth-order valence-electron chi connectivity index (χ4n) is 21.9. The van der Waals surface area contributed by atoms with Crippen molar-refractivity contribution < 1.29 is 0 Å². The summed E-state index contributed by atoms with van der Waals surface area (Å²) in [6.07, 6.45) is 0. The van der Waals surface area contributed by atoms with E-state index in [1.807, 2.05) is 0 Å². The summed E-state index contributed by atoms with van der Waals surface area (Å²) in [7, 11) is -8.43. The molecular formula is C122H108B2N4Si4. The summed E-state index contributed by atoms with van der Waals surface area (Å²) in [6.45, 7) is 32.2. The SMILES string of the molecule is Cc1cc(-c2ccccc2)c(N2c3cc([Si](C)(C)C)ccc3B3c4ccc([Si](C)(C)C)cc4N(c4c(-c5ccccc5)cc(C)cc4-c4cccc(C[Si](C)(C)c5ccc6c(c5)B5c7cc([Si](C)(C)C)ccc7N(c7c(-c8ccccc8)cccc7-c7ccccc7)c7cccc(c75)N6c5c(-c6ccccc6)cccc5-c5ccccc5)c4)c4cccc2c43)c(-c2ccccc2)c1. The smallest absolute Gasteiger partial charge is 0.252 e. The van der Waals surface area contributed by atoms with Gasteiger partial charge in [-0.05, 0) is 187 Å². The summed E-state index contributed by atoms with van der Waals surface area (Å²) in [5, 5.41) is 5.74. The minimum Gasteiger partial charge on any atom is -0.310 e. The van der Waals surface area contributed by atoms with Gasteiger partial charge in [0.25, 0.3) is 13.4 Å². The standard InChI is InChI=1S/C122H108B2N4Si4/c1-82-72-101(89-49-29-18-30-50-89)121(102(73-82)90-51-31-19-32-52-90)127-113-62-39-63-114-117(113)123(105-68-64-94(79-115(105)127)130(6,7)8)106-69-65-95(131(9,10)11)80-116(106)128(114)122-103(91-53-33-20-34-54-91)74-83(2)75-104(122)92-55-35-40-84(76-92)81-132(12,13)96-67-71-110-108(78-96)124-107-77-93(129(3,4)5)66-70-109(107)125(119-97(85-41-21-14-22-42-85)56-36-57-98(119)86-43-23-15-24-44-86)111-60-38-61-112(118(111)124)126(110)120-99(87-45-25-16-26-46-87)58-37-59-100(120)88-47-27-17-28-48-88/h14-80H,81H2,1-13H3. The molecule has 0 spiro atoms. The zero-order chi connectivity index (χ0) is 90.2. The van der Waals surface area contributed by atoms with Gasteiger partial charge < -0.3 is 19.6 Å². The normalized spacial score (nSPS) is 13.1. The van der Waals surface area contributed by atoms with Crippen LogP contribution in [0.3, 0.4) is 0 Å². The van der Waals surface area contributed by atoms with E-state index in [9.17, 15) is 0 Å². The Morgan fingerprint density at radius 1 is 0.197 bits per heavy atom. The van der Waals surface area contributed by atoms with Gasteiger partial charge in [-0.3, -0.25) is 0 Å². The Kier molecular flexibility index (Phi) is 20.9. The molecule has 0 amide bonds. The Bertz CT molecular complexity index is 7370. The predicted molar refractivity (Wildman–Crippen MR) is 584 cm³/mol. The molecule has 4 nitrogen and oxygen atoms in total. The van der Waals surface area contributed by atoms with Crippen molar-refractivity contribution >= 4 is 167 Å². The maximum absolute atomic E-state index is 2.75. The van der Waals surface area contributed by atoms with Gasteiger partial charge in [0.05, 0.1) is 55.0 Å². The van der Waals surface area contributed by atoms with Crippen LogP contribution < -0.4 is 73.1 Å². The summed E-state index contributed by atoms with van der Waals surface area (Å²) in [5.41, 5.74) is 45.1. The van der Waals surface area contributed by atoms with Crippen LogP contribution >= 0.6 is 0 Å². The van der Waals surface area contributed by atoms with Crippen molar-refractivity contribution in [3.63, 3.8) is 0 Å². The van der Waals surface area contributed by atoms with Gasteiger partial charge in [-0.15, -0.1) is 0 Å². The minimum atomic E-state index is -2.56. The van der Waals surface area contributed by atoms with Crippen LogP contribution in [0.4, 0.5) is 68.2 Å². The quantitative estimate of drug-likeness (QED) is 0.0794. The van der Waals surface area contributed by atoms with Gasteiger partial charge in [-0.1, -0.05) is 426 Å². The third-order valence-electron chi connectivity index (χ3n) is 28.3. The average Bonchev–Trinajstić information content (AvgIpc) is 0.692. The Balaban J connectivity index is 0.748. The van der Waals surface area contributed by atoms with Crippen molar-refractivity contribution in [2.24, 2.45) is 0 Å². The van der Waals surface area contributed by atoms with E-state index in [1.165, 1.54) is 222 Å². The summed E-state index contributed by atoms with van der Waals surface area (Å²) < 4.78 is 0. The number of fused-ring (bicyclic) bond motifs is 8. The molecule has 18 aromatic rings. The second-order valence-corrected chi connectivity index (χ2v) is 60.5. The van der Waals surface area contributed by atoms with E-state index in [1.54, 1.807) is 0 Å². The van der Waals surface area contributed by atoms with Crippen LogP contribution in [-0.2, 0) is 6.04 Å². The third kappa shape index (κ3) is 14.6. The zero-order valence-corrected chi connectivity index (χ0v) is 81.8. The van der Waals surface area contributed by atoms with Gasteiger partial charge in [0.1, 0.15) is 0 Å². The first-order valence-corrected chi connectivity index (χ1v) is 60.8. The van der Waals surface area contributed by atoms with Crippen LogP contribution in [0.15, 0.2) is 406 Å². The number of anilines is 12. The molecule has 4 aliphatic heterocycles. The van der Waals surface area contributed by atoms with Gasteiger partial charge in [-0.25, -0.2) is 0 Å². The molecule has 18 aromatic carbocycles. The minimum absolute atomic E-state index is 0.0866. The van der Waals surface area contributed by atoms with E-state index in [2.05, 4.69) is 512 Å². The largest absolute Gasteiger partial charge is 0.310 e. The highest BCUT2D eigenvalue weighted by atomic mass is 28.3. The fraction of sp³-hybridized carbons (Fsp3) is 0.115. The lowest BCUT2D eigenvalue weighted by Crippen LogP contribution is -2.63. The number of benzene rings is 18. The predicted octanol–water partition coefficient (Wildman–Crippen LogP) is 27.1. The third-order valence-corrected chi connectivity index (χ3v) is 37.6. The first kappa shape index (κ1) is 83.8. The summed E-state index contributed by atoms with van der Waals surface area (Å²) in [6, 6.07) is 158. The molecule has 10 heteroatoms. The number of para-hydroxylation sites is 2. The van der Waals surface area contributed by atoms with Gasteiger partial charge in [-0.2, -0.15) is 0 Å². The van der Waals surface area contributed by atoms with Gasteiger partial charge >= 0.3 is 0 Å². The Labute approximate surface area is 785 Å². The Morgan fingerprint density at radius 2 is 0.455 bits per heavy atom. The lowest BCUT2D eigenvalue weighted by molar-refractivity contribution is 1.25. The maximum Gasteiger partial charge on any atom is 0.252 e. The number of rotatable bonds is 18. The topological polar surface area (TPSA) is 13.0 Å². The van der Waals surface area contributed by atoms with Crippen LogP contribution in [0.1, 0.15) is 16.7 Å². The monoisotopic (exact) mass is 1760 g/mol. The van der Waals surface area contributed by atoms with Crippen LogP contribution in [0, 0.1) is 13.8 Å². The molecule has 0 N–H and O–H groups in total. The van der Waals surface area contributed by atoms with Gasteiger partial charge in [0.2, 0.25) is 0 Å². The molecule has 4 aliphatic rings. The molecule has 0 aliphatic carbocycles. The maximum atomic E-state index is 2.75. The van der Waals surface area contributed by atoms with Crippen molar-refractivity contribution in [1.82, 2.24) is 0 Å². The van der Waals surface area contributed by atoms with E-state index in [0.29, 0.717) is 0 Å². The molecule has 0 fully saturated rings. The molecule has 0 radical (unpaired) electrons. The van der Waals surface area contributed by atoms with Crippen LogP contribution in [0.25, 0.3) is 89.0 Å². The number of nitrogens with zero attached hydrogens (tertiary/aromatic N) is 4. The highest BCUT2D eigenvalue weighted by Crippen LogP contribution is 2.56. The zero-order valence-electron chi connectivity index (χ0n) is 77.8. The lowest BCUT2D eigenvalue weighted by atomic mass is 9.33. The molecule has 638 valence electrons. The van der Waals surface area contributed by atoms with E-state index in [-0.39, 0.29) is 13.4 Å². The molecule has 0 saturated carbocycles. The molecule has 0 atom stereocenters. The van der Waals surface area contributed by atoms with Crippen molar-refractivity contribution in [2.45, 2.75) is 91.9 Å². The summed E-state index contributed by atoms with van der Waals surface area (Å²) in [4.78, 5) is 10.8. The molecule has 4 heterocycles. The van der Waals surface area contributed by atoms with Gasteiger partial charge in [0, 0.05) is 90.0 Å². The molecular weight excluding hydrogens is 1660 g/mol. The summed E-state index contributed by atoms with van der Waals surface area (Å²) in [5.74, 6) is 0. The van der Waals surface area contributed by atoms with E-state index < -0.39 is 32.3 Å². The second kappa shape index (κ2) is 32.9. The molecule has 0 aromatic heterocycles. The van der Waals surface area contributed by atoms with E-state index >= 15 is 0 Å². The van der Waals surface area contributed by atoms with Crippen molar-refractivity contribution in [1.29, 1.82) is 0 Å². The van der Waals surface area contributed by atoms with Crippen molar-refractivity contribution in [3.05, 3.63) is 423 Å². The number of hydrogen-bond donors (Lipinski definition) is 0. The molecule has 22 rings (SSSR count). The number of aryl methyl sites for hydroxylation is 2. The first-order chi connectivity index (χ1) is 64.0. The summed E-state index contributed by atoms with van der Waals surface area (Å²) >= 11 is 0. The average molecular weight is 1760 g/mol. The fourth-order valence-corrected chi connectivity index (χ4v) is 27.9. The number of hydrogen-bond acceptors (Lipinski definition) is 4. The molecule has 0 unspecified atom stereocenters. The van der Waals surface area contributed by atoms with Gasteiger partial charge in [0.15, 0.2) is 0 Å². The molecule has 132 heavy (non-hydrogen) atoms. The highest BCUT2D eigenvalue weighted by Gasteiger charge is 2.49. The van der Waals surface area contributed by atoms with E-state index in [4.69, 9.17) is 0 Å². The lowest BCUT2D eigenvalue weighted by Gasteiger charge is -2.46. The van der Waals surface area contributed by atoms with Crippen LogP contribution in [0.2, 0.25) is 72.0 Å². The Hall–Kier alpha value is -13.8. The van der Waals surface area contributed by atoms with Crippen LogP contribution in [-0.4, -0.2) is 45.7 Å². The van der Waals surface area contributed by atoms with Crippen LogP contribution in [0.5, 0.6) is 0 Å². The molecule has 0 bridgehead atoms. The second-order valence-electron chi connectivity index (χ2n) is 40.6. The Morgan fingerprint density at radius 3 is 0.795 bits per heavy atom.